The van der Waals surface area contributed by atoms with Crippen molar-refractivity contribution >= 4 is 11.9 Å². The molecule has 8 heteroatoms. The molecule has 22 heavy (non-hydrogen) atoms. The van der Waals surface area contributed by atoms with Crippen LogP contribution in [-0.4, -0.2) is 40.4 Å². The fraction of sp³-hybridized carbons (Fsp3) is 0.429. The first-order valence-corrected chi connectivity index (χ1v) is 6.41. The van der Waals surface area contributed by atoms with Crippen molar-refractivity contribution in [2.75, 3.05) is 6.54 Å². The quantitative estimate of drug-likeness (QED) is 0.745. The molecule has 0 radical (unpaired) electrons. The molecule has 1 unspecified atom stereocenters. The van der Waals surface area contributed by atoms with Crippen molar-refractivity contribution in [3.05, 3.63) is 35.4 Å². The molecule has 0 spiro atoms. The number of carbonyl (C=O) groups excluding carboxylic acids is 1. The van der Waals surface area contributed by atoms with E-state index in [1.807, 2.05) is 0 Å². The van der Waals surface area contributed by atoms with Crippen LogP contribution in [0, 0.1) is 0 Å². The van der Waals surface area contributed by atoms with Crippen molar-refractivity contribution in [1.29, 1.82) is 0 Å². The molecule has 122 valence electrons. The number of rotatable bonds is 6. The maximum atomic E-state index is 12.1. The number of amides is 1. The lowest BCUT2D eigenvalue weighted by Gasteiger charge is -2.18. The summed E-state index contributed by atoms with van der Waals surface area (Å²) in [7, 11) is 0. The summed E-state index contributed by atoms with van der Waals surface area (Å²) in [6, 6.07) is 5.49. The Morgan fingerprint density at radius 2 is 1.73 bits per heavy atom. The normalized spacial score (nSPS) is 14.2. The Hall–Kier alpha value is -2.09. The number of carboxylic acid groups (broad SMARTS) is 1. The number of aliphatic hydroxyl groups is 1. The third-order valence-electron chi connectivity index (χ3n) is 2.97. The zero-order valence-corrected chi connectivity index (χ0v) is 11.8. The molecule has 0 aliphatic heterocycles. The molecular weight excluding hydrogens is 303 g/mol. The third kappa shape index (κ3) is 5.72. The van der Waals surface area contributed by atoms with E-state index in [0.717, 1.165) is 6.92 Å². The summed E-state index contributed by atoms with van der Waals surface area (Å²) in [5.74, 6) is -2.10. The van der Waals surface area contributed by atoms with E-state index in [1.54, 1.807) is 0 Å². The van der Waals surface area contributed by atoms with E-state index in [-0.39, 0.29) is 12.0 Å². The molecule has 1 aromatic rings. The second kappa shape index (κ2) is 6.78. The Balaban J connectivity index is 2.59. The molecule has 0 aliphatic rings. The number of benzene rings is 1. The molecule has 0 heterocycles. The van der Waals surface area contributed by atoms with Gasteiger partial charge in [0.05, 0.1) is 6.54 Å². The van der Waals surface area contributed by atoms with E-state index in [1.165, 1.54) is 24.3 Å². The van der Waals surface area contributed by atoms with Crippen LogP contribution in [0.5, 0.6) is 0 Å². The van der Waals surface area contributed by atoms with Crippen molar-refractivity contribution < 1.29 is 33.0 Å². The highest BCUT2D eigenvalue weighted by molar-refractivity contribution is 5.94. The third-order valence-corrected chi connectivity index (χ3v) is 2.97. The largest absolute Gasteiger partial charge is 0.479 e. The summed E-state index contributed by atoms with van der Waals surface area (Å²) < 4.78 is 36.3. The van der Waals surface area contributed by atoms with E-state index in [4.69, 9.17) is 5.11 Å². The van der Waals surface area contributed by atoms with Gasteiger partial charge in [-0.3, -0.25) is 4.79 Å². The van der Waals surface area contributed by atoms with Crippen LogP contribution in [-0.2, 0) is 11.2 Å². The SMILES string of the molecule is CC(O)(CNC(=O)c1ccc(CCC(F)(F)F)cc1)C(=O)O. The Morgan fingerprint density at radius 1 is 1.18 bits per heavy atom. The van der Waals surface area contributed by atoms with Gasteiger partial charge in [-0.1, -0.05) is 12.1 Å². The first-order chi connectivity index (χ1) is 10.0. The van der Waals surface area contributed by atoms with E-state index < -0.39 is 36.6 Å². The molecule has 0 aromatic heterocycles. The second-order valence-corrected chi connectivity index (χ2v) is 5.07. The van der Waals surface area contributed by atoms with Crippen LogP contribution in [0.2, 0.25) is 0 Å². The highest BCUT2D eigenvalue weighted by Gasteiger charge is 2.30. The standard InChI is InChI=1S/C14H16F3NO4/c1-13(22,12(20)21)8-18-11(19)10-4-2-9(3-5-10)6-7-14(15,16)17/h2-5,22H,6-8H2,1H3,(H,18,19)(H,20,21). The zero-order chi connectivity index (χ0) is 17.0. The van der Waals surface area contributed by atoms with Gasteiger partial charge in [0.15, 0.2) is 5.60 Å². The number of hydrogen-bond acceptors (Lipinski definition) is 3. The van der Waals surface area contributed by atoms with Crippen molar-refractivity contribution in [2.45, 2.75) is 31.5 Å². The molecule has 5 nitrogen and oxygen atoms in total. The van der Waals surface area contributed by atoms with E-state index >= 15 is 0 Å². The summed E-state index contributed by atoms with van der Waals surface area (Å²) in [4.78, 5) is 22.4. The molecule has 0 bridgehead atoms. The average Bonchev–Trinajstić information content (AvgIpc) is 2.42. The first kappa shape index (κ1) is 18.0. The minimum Gasteiger partial charge on any atom is -0.479 e. The number of carbonyl (C=O) groups is 2. The zero-order valence-electron chi connectivity index (χ0n) is 11.8. The van der Waals surface area contributed by atoms with E-state index in [2.05, 4.69) is 5.32 Å². The topological polar surface area (TPSA) is 86.6 Å². The molecule has 0 fully saturated rings. The summed E-state index contributed by atoms with van der Waals surface area (Å²) in [5.41, 5.74) is -1.49. The number of carboxylic acids is 1. The second-order valence-electron chi connectivity index (χ2n) is 5.07. The fourth-order valence-electron chi connectivity index (χ4n) is 1.54. The molecule has 1 rings (SSSR count). The van der Waals surface area contributed by atoms with Crippen molar-refractivity contribution in [3.8, 4) is 0 Å². The highest BCUT2D eigenvalue weighted by atomic mass is 19.4. The minimum absolute atomic E-state index is 0.164. The van der Waals surface area contributed by atoms with Crippen LogP contribution in [0.3, 0.4) is 0 Å². The van der Waals surface area contributed by atoms with Crippen LogP contribution >= 0.6 is 0 Å². The van der Waals surface area contributed by atoms with E-state index in [9.17, 15) is 27.9 Å². The summed E-state index contributed by atoms with van der Waals surface area (Å²) in [6.45, 7) is 0.548. The van der Waals surface area contributed by atoms with Gasteiger partial charge in [0, 0.05) is 12.0 Å². The molecule has 1 amide bonds. The predicted octanol–water partition coefficient (Wildman–Crippen LogP) is 1.75. The van der Waals surface area contributed by atoms with Gasteiger partial charge in [-0.25, -0.2) is 4.79 Å². The Bertz CT molecular complexity index is 538. The van der Waals surface area contributed by atoms with E-state index in [0.29, 0.717) is 5.56 Å². The molecule has 3 N–H and O–H groups in total. The van der Waals surface area contributed by atoms with Crippen LogP contribution < -0.4 is 5.32 Å². The van der Waals surface area contributed by atoms with Gasteiger partial charge < -0.3 is 15.5 Å². The van der Waals surface area contributed by atoms with Crippen LogP contribution in [0.25, 0.3) is 0 Å². The molecule has 1 aromatic carbocycles. The van der Waals surface area contributed by atoms with Gasteiger partial charge in [-0.2, -0.15) is 13.2 Å². The summed E-state index contributed by atoms with van der Waals surface area (Å²) in [6.07, 6.45) is -5.36. The number of halogens is 3. The molecule has 0 saturated heterocycles. The van der Waals surface area contributed by atoms with Gasteiger partial charge in [0.25, 0.3) is 5.91 Å². The molecular formula is C14H16F3NO4. The summed E-state index contributed by atoms with van der Waals surface area (Å²) >= 11 is 0. The summed E-state index contributed by atoms with van der Waals surface area (Å²) in [5, 5.41) is 20.4. The highest BCUT2D eigenvalue weighted by Crippen LogP contribution is 2.22. The van der Waals surface area contributed by atoms with Gasteiger partial charge in [-0.05, 0) is 31.0 Å². The van der Waals surface area contributed by atoms with Crippen LogP contribution in [0.15, 0.2) is 24.3 Å². The Morgan fingerprint density at radius 3 is 2.18 bits per heavy atom. The minimum atomic E-state index is -4.24. The molecule has 1 atom stereocenters. The number of hydrogen-bond donors (Lipinski definition) is 3. The number of aliphatic carboxylic acids is 1. The maximum absolute atomic E-state index is 12.1. The van der Waals surface area contributed by atoms with Gasteiger partial charge in [0.1, 0.15) is 0 Å². The molecule has 0 saturated carbocycles. The van der Waals surface area contributed by atoms with Crippen LogP contribution in [0.4, 0.5) is 13.2 Å². The van der Waals surface area contributed by atoms with Crippen LogP contribution in [0.1, 0.15) is 29.3 Å². The van der Waals surface area contributed by atoms with Crippen molar-refractivity contribution in [3.63, 3.8) is 0 Å². The fourth-order valence-corrected chi connectivity index (χ4v) is 1.54. The lowest BCUT2D eigenvalue weighted by Crippen LogP contribution is -2.46. The average molecular weight is 319 g/mol. The maximum Gasteiger partial charge on any atom is 0.389 e. The van der Waals surface area contributed by atoms with Crippen molar-refractivity contribution in [2.24, 2.45) is 0 Å². The van der Waals surface area contributed by atoms with Gasteiger partial charge in [0.2, 0.25) is 0 Å². The number of alkyl halides is 3. The van der Waals surface area contributed by atoms with Gasteiger partial charge >= 0.3 is 12.1 Å². The monoisotopic (exact) mass is 319 g/mol. The smallest absolute Gasteiger partial charge is 0.389 e. The predicted molar refractivity (Wildman–Crippen MR) is 71.4 cm³/mol. The lowest BCUT2D eigenvalue weighted by molar-refractivity contribution is -0.155. The Labute approximate surface area is 124 Å². The lowest BCUT2D eigenvalue weighted by atomic mass is 10.1. The van der Waals surface area contributed by atoms with Crippen molar-refractivity contribution in [1.82, 2.24) is 5.32 Å². The first-order valence-electron chi connectivity index (χ1n) is 6.41. The molecule has 0 aliphatic carbocycles. The van der Waals surface area contributed by atoms with Gasteiger partial charge in [-0.15, -0.1) is 0 Å². The Kier molecular flexibility index (Phi) is 5.54. The number of nitrogens with one attached hydrogen (secondary N) is 1. The number of aryl methyl sites for hydroxylation is 1.